The van der Waals surface area contributed by atoms with Crippen LogP contribution in [0.1, 0.15) is 0 Å². The SMILES string of the molecule is ClP1(Cl)=NP(Cl)(Cl)=NP(Cl)(Cl)=N1.[N]. The third kappa shape index (κ3) is 5.31. The Balaban J connectivity index is 0.00000144. The van der Waals surface area contributed by atoms with Gasteiger partial charge in [0.05, 0.1) is 0 Å². The molecule has 13 heavy (non-hydrogen) atoms. The van der Waals surface area contributed by atoms with Crippen molar-refractivity contribution in [3.8, 4) is 0 Å². The van der Waals surface area contributed by atoms with Crippen LogP contribution in [0.15, 0.2) is 13.5 Å². The fourth-order valence-electron chi connectivity index (χ4n) is 0.442. The molecular weight excluding hydrogens is 362 g/mol. The van der Waals surface area contributed by atoms with Gasteiger partial charge in [-0.1, -0.05) is 0 Å². The molecule has 0 bridgehead atoms. The minimum absolute atomic E-state index is 0. The molecule has 0 N–H and O–H groups in total. The highest BCUT2D eigenvalue weighted by Crippen LogP contribution is 2.87. The van der Waals surface area contributed by atoms with Gasteiger partial charge in [0.15, 0.2) is 0 Å². The lowest BCUT2D eigenvalue weighted by atomic mass is 13.8. The van der Waals surface area contributed by atoms with Gasteiger partial charge in [0.2, 0.25) is 0 Å². The number of rotatable bonds is 0. The Kier molecular flexibility index (Phi) is 5.58. The van der Waals surface area contributed by atoms with Gasteiger partial charge in [-0.25, -0.2) is 0 Å². The zero-order valence-corrected chi connectivity index (χ0v) is 12.6. The first-order chi connectivity index (χ1) is 5.12. The molecule has 1 aliphatic heterocycles. The van der Waals surface area contributed by atoms with Crippen molar-refractivity contribution in [1.29, 1.82) is 0 Å². The third-order valence-corrected chi connectivity index (χ3v) is 13.1. The highest BCUT2D eigenvalue weighted by atomic mass is 35.9. The summed E-state index contributed by atoms with van der Waals surface area (Å²) in [5, 5.41) is 0. The summed E-state index contributed by atoms with van der Waals surface area (Å²) in [6, 6.07) is 0. The Hall–Kier alpha value is 2.39. The molecule has 0 spiro atoms. The maximum atomic E-state index is 5.64. The molecule has 0 aromatic heterocycles. The lowest BCUT2D eigenvalue weighted by Crippen LogP contribution is -1.62. The number of hydrogen-bond donors (Lipinski definition) is 0. The maximum absolute atomic E-state index is 5.64. The van der Waals surface area contributed by atoms with E-state index in [4.69, 9.17) is 67.4 Å². The van der Waals surface area contributed by atoms with Crippen molar-refractivity contribution in [2.45, 2.75) is 0 Å². The molecular formula is Cl6N4P3. The van der Waals surface area contributed by atoms with Gasteiger partial charge in [-0.15, -0.1) is 0 Å². The van der Waals surface area contributed by atoms with Crippen molar-refractivity contribution in [3.63, 3.8) is 0 Å². The van der Waals surface area contributed by atoms with E-state index < -0.39 is 17.7 Å². The molecule has 4 nitrogen and oxygen atoms in total. The van der Waals surface area contributed by atoms with Crippen molar-refractivity contribution in [2.75, 3.05) is 0 Å². The summed E-state index contributed by atoms with van der Waals surface area (Å²) in [6.45, 7) is 0. The van der Waals surface area contributed by atoms with Gasteiger partial charge >= 0.3 is 0 Å². The van der Waals surface area contributed by atoms with Crippen LogP contribution in [0.2, 0.25) is 0 Å². The van der Waals surface area contributed by atoms with E-state index >= 15 is 0 Å². The molecule has 0 saturated heterocycles. The molecule has 0 aromatic carbocycles. The van der Waals surface area contributed by atoms with Crippen LogP contribution in [0.3, 0.4) is 0 Å². The third-order valence-electron chi connectivity index (χ3n) is 0.646. The molecule has 0 atom stereocenters. The predicted molar refractivity (Wildman–Crippen MR) is 65.3 cm³/mol. The molecule has 1 aliphatic rings. The van der Waals surface area contributed by atoms with E-state index in [1.54, 1.807) is 0 Å². The molecule has 0 saturated carbocycles. The monoisotopic (exact) mass is 359 g/mol. The van der Waals surface area contributed by atoms with E-state index in [1.807, 2.05) is 0 Å². The summed E-state index contributed by atoms with van der Waals surface area (Å²) in [5.41, 5.74) is 0. The Bertz CT molecular complexity index is 276. The van der Waals surface area contributed by atoms with Crippen LogP contribution in [-0.4, -0.2) is 0 Å². The first-order valence-electron chi connectivity index (χ1n) is 2.21. The molecule has 0 amide bonds. The number of halogens is 6. The van der Waals surface area contributed by atoms with Crippen molar-refractivity contribution < 1.29 is 0 Å². The average molecular weight is 362 g/mol. The molecule has 77 valence electrons. The van der Waals surface area contributed by atoms with Crippen molar-refractivity contribution in [3.05, 3.63) is 0 Å². The zero-order chi connectivity index (χ0) is 9.62. The first-order valence-corrected chi connectivity index (χ1v) is 12.7. The minimum atomic E-state index is -2.91. The molecule has 13 heteroatoms. The largest absolute Gasteiger partial charge is 0.257 e. The molecule has 0 unspecified atom stereocenters. The van der Waals surface area contributed by atoms with Crippen LogP contribution >= 0.6 is 85.2 Å². The summed E-state index contributed by atoms with van der Waals surface area (Å²) in [5.74, 6) is -8.72. The summed E-state index contributed by atoms with van der Waals surface area (Å²) >= 11 is 33.9. The van der Waals surface area contributed by atoms with E-state index in [9.17, 15) is 0 Å². The fraction of sp³-hybridized carbons (Fsp3) is 0. The highest BCUT2D eigenvalue weighted by molar-refractivity contribution is 8.26. The second-order valence-electron chi connectivity index (χ2n) is 1.64. The van der Waals surface area contributed by atoms with Gasteiger partial charge in [-0.2, -0.15) is 13.5 Å². The standard InChI is InChI=1S/Cl6N3P3.N/c1-10(2)7-11(3,4)9-12(5,6)8-10;. The Morgan fingerprint density at radius 3 is 0.846 bits per heavy atom. The van der Waals surface area contributed by atoms with Crippen LogP contribution < -0.4 is 6.15 Å². The summed E-state index contributed by atoms with van der Waals surface area (Å²) in [4.78, 5) is 0. The molecule has 0 aromatic rings. The van der Waals surface area contributed by atoms with Crippen LogP contribution in [0.5, 0.6) is 0 Å². The van der Waals surface area contributed by atoms with E-state index in [-0.39, 0.29) is 6.15 Å². The molecule has 0 fully saturated rings. The molecule has 1 rings (SSSR count). The Labute approximate surface area is 104 Å². The van der Waals surface area contributed by atoms with Gasteiger partial charge in [0, 0.05) is 6.15 Å². The fourth-order valence-corrected chi connectivity index (χ4v) is 19.3. The van der Waals surface area contributed by atoms with Crippen LogP contribution in [0.25, 0.3) is 0 Å². The number of nitrogens with zero attached hydrogens (tertiary/aromatic N) is 4. The van der Waals surface area contributed by atoms with E-state index in [0.717, 1.165) is 0 Å². The van der Waals surface area contributed by atoms with E-state index in [0.29, 0.717) is 0 Å². The van der Waals surface area contributed by atoms with Gasteiger partial charge < -0.3 is 0 Å². The van der Waals surface area contributed by atoms with E-state index in [2.05, 4.69) is 13.5 Å². The minimum Gasteiger partial charge on any atom is -0.185 e. The second-order valence-corrected chi connectivity index (χ2v) is 16.6. The van der Waals surface area contributed by atoms with Gasteiger partial charge in [-0.3, -0.25) is 0 Å². The lowest BCUT2D eigenvalue weighted by molar-refractivity contribution is 1.80. The summed E-state index contributed by atoms with van der Waals surface area (Å²) in [7, 11) is 0. The van der Waals surface area contributed by atoms with Crippen molar-refractivity contribution in [1.82, 2.24) is 6.15 Å². The topological polar surface area (TPSA) is 67.6 Å². The average Bonchev–Trinajstić information content (AvgIpc) is 1.44. The van der Waals surface area contributed by atoms with Crippen molar-refractivity contribution in [2.24, 2.45) is 13.5 Å². The summed E-state index contributed by atoms with van der Waals surface area (Å²) in [6.07, 6.45) is 0. The molecule has 3 radical (unpaired) electrons. The molecule has 1 heterocycles. The van der Waals surface area contributed by atoms with Gasteiger partial charge in [0.1, 0.15) is 0 Å². The van der Waals surface area contributed by atoms with Crippen LogP contribution in [0, 0.1) is 0 Å². The van der Waals surface area contributed by atoms with Crippen molar-refractivity contribution >= 4 is 85.2 Å². The summed E-state index contributed by atoms with van der Waals surface area (Å²) < 4.78 is 11.0. The lowest BCUT2D eigenvalue weighted by Gasteiger charge is -2.16. The Morgan fingerprint density at radius 2 is 0.692 bits per heavy atom. The maximum Gasteiger partial charge on any atom is 0.257 e. The van der Waals surface area contributed by atoms with Gasteiger partial charge in [0.25, 0.3) is 17.7 Å². The first kappa shape index (κ1) is 15.4. The number of hydrogen-bond acceptors (Lipinski definition) is 3. The quantitative estimate of drug-likeness (QED) is 0.426. The smallest absolute Gasteiger partial charge is 0.185 e. The normalized spacial score (nSPS) is 27.2. The zero-order valence-electron chi connectivity index (χ0n) is 5.40. The highest BCUT2D eigenvalue weighted by Gasteiger charge is 2.30. The van der Waals surface area contributed by atoms with E-state index in [1.165, 1.54) is 0 Å². The molecule has 0 aliphatic carbocycles. The van der Waals surface area contributed by atoms with Crippen LogP contribution in [0.4, 0.5) is 0 Å². The second kappa shape index (κ2) is 4.72. The van der Waals surface area contributed by atoms with Crippen LogP contribution in [-0.2, 0) is 0 Å². The Morgan fingerprint density at radius 1 is 0.538 bits per heavy atom. The van der Waals surface area contributed by atoms with Gasteiger partial charge in [-0.05, 0) is 67.4 Å². The predicted octanol–water partition coefficient (Wildman–Crippen LogP) is 6.79.